The Morgan fingerprint density at radius 3 is 2.53 bits per heavy atom. The molecule has 0 aliphatic carbocycles. The number of H-pyrrole nitrogens is 1. The summed E-state index contributed by atoms with van der Waals surface area (Å²) in [6.07, 6.45) is 1.88. The fraction of sp³-hybridized carbons (Fsp3) is 0.429. The van der Waals surface area contributed by atoms with Crippen LogP contribution < -0.4 is 0 Å². The van der Waals surface area contributed by atoms with Crippen molar-refractivity contribution in [2.75, 3.05) is 7.11 Å². The Bertz CT molecular complexity index is 526. The van der Waals surface area contributed by atoms with Crippen LogP contribution in [-0.2, 0) is 10.3 Å². The van der Waals surface area contributed by atoms with Crippen LogP contribution in [0.4, 0.5) is 0 Å². The highest BCUT2D eigenvalue weighted by molar-refractivity contribution is 5.83. The van der Waals surface area contributed by atoms with Gasteiger partial charge < -0.3 is 14.8 Å². The molecule has 92 valence electrons. The highest BCUT2D eigenvalue weighted by atomic mass is 16.5. The third kappa shape index (κ3) is 1.75. The van der Waals surface area contributed by atoms with E-state index in [2.05, 4.69) is 4.98 Å². The van der Waals surface area contributed by atoms with Crippen LogP contribution in [-0.4, -0.2) is 22.8 Å². The number of aromatic amines is 1. The minimum absolute atomic E-state index is 0.654. The minimum atomic E-state index is -1.05. The molecular weight excluding hydrogens is 214 g/mol. The molecule has 0 bridgehead atoms. The molecule has 0 radical (unpaired) electrons. The smallest absolute Gasteiger partial charge is 0.116 e. The second-order valence-corrected chi connectivity index (χ2v) is 5.03. The number of benzene rings is 1. The molecule has 0 saturated heterocycles. The Hall–Kier alpha value is -1.32. The topological polar surface area (TPSA) is 45.2 Å². The second-order valence-electron chi connectivity index (χ2n) is 5.03. The fourth-order valence-corrected chi connectivity index (χ4v) is 2.03. The third-order valence-electron chi connectivity index (χ3n) is 3.80. The van der Waals surface area contributed by atoms with E-state index in [9.17, 15) is 5.11 Å². The zero-order valence-electron chi connectivity index (χ0n) is 10.7. The van der Waals surface area contributed by atoms with Crippen LogP contribution in [0.2, 0.25) is 0 Å². The summed E-state index contributed by atoms with van der Waals surface area (Å²) in [6, 6.07) is 7.85. The Morgan fingerprint density at radius 1 is 1.18 bits per heavy atom. The number of fused-ring (bicyclic) bond motifs is 1. The lowest BCUT2D eigenvalue weighted by Gasteiger charge is -2.39. The van der Waals surface area contributed by atoms with Gasteiger partial charge in [0, 0.05) is 24.2 Å². The zero-order valence-corrected chi connectivity index (χ0v) is 10.7. The van der Waals surface area contributed by atoms with Crippen LogP contribution in [0.1, 0.15) is 26.3 Å². The van der Waals surface area contributed by atoms with E-state index in [0.717, 1.165) is 16.5 Å². The fourth-order valence-electron chi connectivity index (χ4n) is 2.03. The van der Waals surface area contributed by atoms with Gasteiger partial charge in [0.1, 0.15) is 5.60 Å². The molecule has 17 heavy (non-hydrogen) atoms. The molecule has 0 amide bonds. The first kappa shape index (κ1) is 12.1. The molecule has 1 unspecified atom stereocenters. The predicted molar refractivity (Wildman–Crippen MR) is 69.0 cm³/mol. The van der Waals surface area contributed by atoms with Crippen LogP contribution in [0.15, 0.2) is 30.5 Å². The lowest BCUT2D eigenvalue weighted by atomic mass is 9.80. The van der Waals surface area contributed by atoms with E-state index in [0.29, 0.717) is 0 Å². The SMILES string of the molecule is COC(C)(C)C(C)(O)c1cccc2[nH]ccc12. The van der Waals surface area contributed by atoms with E-state index >= 15 is 0 Å². The lowest BCUT2D eigenvalue weighted by Crippen LogP contribution is -2.46. The summed E-state index contributed by atoms with van der Waals surface area (Å²) in [5, 5.41) is 11.8. The molecule has 0 aliphatic rings. The van der Waals surface area contributed by atoms with Crippen LogP contribution in [0.3, 0.4) is 0 Å². The van der Waals surface area contributed by atoms with Crippen molar-refractivity contribution in [1.29, 1.82) is 0 Å². The third-order valence-corrected chi connectivity index (χ3v) is 3.80. The molecule has 1 heterocycles. The van der Waals surface area contributed by atoms with Crippen molar-refractivity contribution in [1.82, 2.24) is 4.98 Å². The van der Waals surface area contributed by atoms with Crippen molar-refractivity contribution in [3.63, 3.8) is 0 Å². The molecule has 1 aromatic carbocycles. The predicted octanol–water partition coefficient (Wildman–Crippen LogP) is 2.80. The Balaban J connectivity index is 2.63. The van der Waals surface area contributed by atoms with Gasteiger partial charge in [0.25, 0.3) is 0 Å². The lowest BCUT2D eigenvalue weighted by molar-refractivity contribution is -0.144. The number of aliphatic hydroxyl groups is 1. The molecule has 0 spiro atoms. The zero-order chi connectivity index (χ0) is 12.7. The van der Waals surface area contributed by atoms with E-state index in [1.807, 2.05) is 44.3 Å². The summed E-state index contributed by atoms with van der Waals surface area (Å²) in [5.74, 6) is 0. The maximum atomic E-state index is 10.8. The van der Waals surface area contributed by atoms with Crippen LogP contribution in [0.25, 0.3) is 10.9 Å². The Kier molecular flexibility index (Phi) is 2.76. The number of rotatable bonds is 3. The molecule has 2 rings (SSSR count). The Labute approximate surface area is 101 Å². The molecule has 0 saturated carbocycles. The van der Waals surface area contributed by atoms with Crippen LogP contribution >= 0.6 is 0 Å². The summed E-state index contributed by atoms with van der Waals surface area (Å²) in [6.45, 7) is 5.56. The summed E-state index contributed by atoms with van der Waals surface area (Å²) in [4.78, 5) is 3.15. The van der Waals surface area contributed by atoms with E-state index < -0.39 is 11.2 Å². The van der Waals surface area contributed by atoms with Gasteiger partial charge in [0.05, 0.1) is 5.60 Å². The number of hydrogen-bond acceptors (Lipinski definition) is 2. The van der Waals surface area contributed by atoms with Crippen LogP contribution in [0, 0.1) is 0 Å². The molecular formula is C14H19NO2. The van der Waals surface area contributed by atoms with Crippen molar-refractivity contribution in [3.8, 4) is 0 Å². The standard InChI is InChI=1S/C14H19NO2/c1-13(2,17-4)14(3,16)11-6-5-7-12-10(11)8-9-15-12/h5-9,15-16H,1-4H3. The molecule has 3 nitrogen and oxygen atoms in total. The summed E-state index contributed by atoms with van der Waals surface area (Å²) in [7, 11) is 1.62. The molecule has 0 fully saturated rings. The number of nitrogens with one attached hydrogen (secondary N) is 1. The number of hydrogen-bond donors (Lipinski definition) is 2. The van der Waals surface area contributed by atoms with E-state index in [4.69, 9.17) is 4.74 Å². The normalized spacial score (nSPS) is 16.1. The van der Waals surface area contributed by atoms with Gasteiger partial charge in [-0.05, 0) is 38.5 Å². The van der Waals surface area contributed by atoms with Gasteiger partial charge in [-0.2, -0.15) is 0 Å². The van der Waals surface area contributed by atoms with Crippen molar-refractivity contribution in [3.05, 3.63) is 36.0 Å². The first-order valence-electron chi connectivity index (χ1n) is 5.74. The second kappa shape index (κ2) is 3.86. The van der Waals surface area contributed by atoms with E-state index in [1.165, 1.54) is 0 Å². The van der Waals surface area contributed by atoms with Gasteiger partial charge in [-0.3, -0.25) is 0 Å². The Morgan fingerprint density at radius 2 is 1.88 bits per heavy atom. The number of methoxy groups -OCH3 is 1. The average Bonchev–Trinajstić information content (AvgIpc) is 2.76. The molecule has 2 N–H and O–H groups in total. The number of ether oxygens (including phenoxy) is 1. The highest BCUT2D eigenvalue weighted by Crippen LogP contribution is 2.38. The first-order valence-corrected chi connectivity index (χ1v) is 5.74. The van der Waals surface area contributed by atoms with E-state index in [1.54, 1.807) is 14.0 Å². The molecule has 3 heteroatoms. The van der Waals surface area contributed by atoms with Crippen molar-refractivity contribution >= 4 is 10.9 Å². The summed E-state index contributed by atoms with van der Waals surface area (Å²) in [5.41, 5.74) is 0.194. The number of aromatic nitrogens is 1. The van der Waals surface area contributed by atoms with Gasteiger partial charge in [-0.15, -0.1) is 0 Å². The maximum Gasteiger partial charge on any atom is 0.116 e. The van der Waals surface area contributed by atoms with Crippen molar-refractivity contribution in [2.45, 2.75) is 32.0 Å². The van der Waals surface area contributed by atoms with Gasteiger partial charge >= 0.3 is 0 Å². The minimum Gasteiger partial charge on any atom is -0.382 e. The highest BCUT2D eigenvalue weighted by Gasteiger charge is 2.42. The molecule has 2 aromatic rings. The van der Waals surface area contributed by atoms with Gasteiger partial charge in [-0.25, -0.2) is 0 Å². The molecule has 0 aliphatic heterocycles. The molecule has 1 aromatic heterocycles. The first-order chi connectivity index (χ1) is 7.90. The monoisotopic (exact) mass is 233 g/mol. The maximum absolute atomic E-state index is 10.8. The van der Waals surface area contributed by atoms with Crippen molar-refractivity contribution in [2.24, 2.45) is 0 Å². The van der Waals surface area contributed by atoms with Crippen molar-refractivity contribution < 1.29 is 9.84 Å². The largest absolute Gasteiger partial charge is 0.382 e. The summed E-state index contributed by atoms with van der Waals surface area (Å²) < 4.78 is 5.42. The van der Waals surface area contributed by atoms with E-state index in [-0.39, 0.29) is 0 Å². The van der Waals surface area contributed by atoms with Gasteiger partial charge in [0.15, 0.2) is 0 Å². The van der Waals surface area contributed by atoms with Gasteiger partial charge in [0.2, 0.25) is 0 Å². The average molecular weight is 233 g/mol. The molecule has 1 atom stereocenters. The van der Waals surface area contributed by atoms with Gasteiger partial charge in [-0.1, -0.05) is 12.1 Å². The summed E-state index contributed by atoms with van der Waals surface area (Å²) >= 11 is 0. The van der Waals surface area contributed by atoms with Crippen LogP contribution in [0.5, 0.6) is 0 Å². The quantitative estimate of drug-likeness (QED) is 0.856.